The second-order valence-electron chi connectivity index (χ2n) is 5.43. The molecule has 0 spiro atoms. The van der Waals surface area contributed by atoms with Crippen LogP contribution >= 0.6 is 0 Å². The summed E-state index contributed by atoms with van der Waals surface area (Å²) in [6.07, 6.45) is 9.81. The van der Waals surface area contributed by atoms with Gasteiger partial charge in [0.15, 0.2) is 0 Å². The van der Waals surface area contributed by atoms with Crippen LogP contribution < -0.4 is 34.9 Å². The van der Waals surface area contributed by atoms with Crippen molar-refractivity contribution in [1.29, 1.82) is 0 Å². The molecule has 0 aliphatic heterocycles. The summed E-state index contributed by atoms with van der Waals surface area (Å²) in [4.78, 5) is 23.5. The molecule has 0 aliphatic rings. The van der Waals surface area contributed by atoms with Gasteiger partial charge >= 0.3 is 29.6 Å². The van der Waals surface area contributed by atoms with Crippen molar-refractivity contribution >= 4 is 11.7 Å². The summed E-state index contributed by atoms with van der Waals surface area (Å²) < 4.78 is 0. The zero-order chi connectivity index (χ0) is 15.3. The van der Waals surface area contributed by atoms with Gasteiger partial charge in [-0.2, -0.15) is 0 Å². The largest absolute Gasteiger partial charge is 1.00 e. The fourth-order valence-corrected chi connectivity index (χ4v) is 2.26. The SMILES string of the molecule is CCCCCCCCCCNC(=O)C(=O)c1ccccc1.[H-].[Na+]. The molecule has 0 fully saturated rings. The molecule has 22 heavy (non-hydrogen) atoms. The van der Waals surface area contributed by atoms with E-state index < -0.39 is 11.7 Å². The number of unbranched alkanes of at least 4 members (excludes halogenated alkanes) is 7. The molecule has 1 aromatic carbocycles. The summed E-state index contributed by atoms with van der Waals surface area (Å²) in [5.41, 5.74) is 0.450. The second kappa shape index (κ2) is 14.0. The summed E-state index contributed by atoms with van der Waals surface area (Å²) in [7, 11) is 0. The first-order chi connectivity index (χ1) is 10.3. The van der Waals surface area contributed by atoms with Crippen molar-refractivity contribution in [3.8, 4) is 0 Å². The summed E-state index contributed by atoms with van der Waals surface area (Å²) in [5, 5.41) is 2.70. The molecule has 0 saturated carbocycles. The van der Waals surface area contributed by atoms with Crippen LogP contribution in [-0.2, 0) is 4.79 Å². The minimum Gasteiger partial charge on any atom is -1.00 e. The maximum absolute atomic E-state index is 11.8. The minimum atomic E-state index is -0.496. The fourth-order valence-electron chi connectivity index (χ4n) is 2.26. The van der Waals surface area contributed by atoms with Crippen LogP contribution in [0.3, 0.4) is 0 Å². The molecule has 4 heteroatoms. The van der Waals surface area contributed by atoms with E-state index in [1.54, 1.807) is 24.3 Å². The van der Waals surface area contributed by atoms with E-state index in [9.17, 15) is 9.59 Å². The maximum Gasteiger partial charge on any atom is 1.00 e. The van der Waals surface area contributed by atoms with Crippen molar-refractivity contribution in [2.75, 3.05) is 6.54 Å². The third kappa shape index (κ3) is 9.39. The number of hydrogen-bond donors (Lipinski definition) is 1. The van der Waals surface area contributed by atoms with Gasteiger partial charge in [0.2, 0.25) is 5.78 Å². The smallest absolute Gasteiger partial charge is 1.00 e. The van der Waals surface area contributed by atoms with E-state index in [1.165, 1.54) is 38.5 Å². The molecule has 1 rings (SSSR count). The van der Waals surface area contributed by atoms with Crippen molar-refractivity contribution in [3.05, 3.63) is 35.9 Å². The fraction of sp³-hybridized carbons (Fsp3) is 0.556. The Balaban J connectivity index is 0. The van der Waals surface area contributed by atoms with E-state index in [2.05, 4.69) is 12.2 Å². The van der Waals surface area contributed by atoms with Crippen LogP contribution in [0.1, 0.15) is 70.1 Å². The topological polar surface area (TPSA) is 46.2 Å². The molecule has 0 unspecified atom stereocenters. The molecule has 118 valence electrons. The van der Waals surface area contributed by atoms with Gasteiger partial charge in [-0.25, -0.2) is 0 Å². The molecular weight excluding hydrogens is 285 g/mol. The van der Waals surface area contributed by atoms with E-state index in [-0.39, 0.29) is 31.0 Å². The number of amides is 1. The van der Waals surface area contributed by atoms with Gasteiger partial charge in [0.1, 0.15) is 0 Å². The Hall–Kier alpha value is -0.640. The average molecular weight is 313 g/mol. The number of Topliss-reactive ketones (excluding diaryl/α,β-unsaturated/α-hetero) is 1. The van der Waals surface area contributed by atoms with Crippen molar-refractivity contribution in [3.63, 3.8) is 0 Å². The van der Waals surface area contributed by atoms with Crippen LogP contribution in [-0.4, -0.2) is 18.2 Å². The van der Waals surface area contributed by atoms with Crippen LogP contribution in [0.2, 0.25) is 0 Å². The number of carbonyl (C=O) groups excluding carboxylic acids is 2. The molecule has 1 amide bonds. The van der Waals surface area contributed by atoms with Crippen LogP contribution in [0.25, 0.3) is 0 Å². The second-order valence-corrected chi connectivity index (χ2v) is 5.43. The van der Waals surface area contributed by atoms with Gasteiger partial charge in [0.25, 0.3) is 5.91 Å². The number of benzene rings is 1. The Labute approximate surface area is 158 Å². The average Bonchev–Trinajstić information content (AvgIpc) is 2.53. The van der Waals surface area contributed by atoms with E-state index >= 15 is 0 Å². The number of ketones is 1. The quantitative estimate of drug-likeness (QED) is 0.289. The number of carbonyl (C=O) groups is 2. The third-order valence-corrected chi connectivity index (χ3v) is 3.56. The first-order valence-corrected chi connectivity index (χ1v) is 8.13. The monoisotopic (exact) mass is 313 g/mol. The Morgan fingerprint density at radius 3 is 2.05 bits per heavy atom. The summed E-state index contributed by atoms with van der Waals surface area (Å²) >= 11 is 0. The van der Waals surface area contributed by atoms with E-state index in [0.717, 1.165) is 12.8 Å². The zero-order valence-electron chi connectivity index (χ0n) is 15.1. The molecular formula is C18H28NNaO2. The Morgan fingerprint density at radius 1 is 0.909 bits per heavy atom. The van der Waals surface area contributed by atoms with Gasteiger partial charge in [0.05, 0.1) is 0 Å². The Kier molecular flexibility index (Phi) is 13.6. The van der Waals surface area contributed by atoms with Gasteiger partial charge in [-0.3, -0.25) is 9.59 Å². The van der Waals surface area contributed by atoms with E-state index in [0.29, 0.717) is 12.1 Å². The molecule has 0 aliphatic carbocycles. The van der Waals surface area contributed by atoms with Crippen LogP contribution in [0.15, 0.2) is 30.3 Å². The number of nitrogens with one attached hydrogen (secondary N) is 1. The molecule has 0 atom stereocenters. The summed E-state index contributed by atoms with van der Waals surface area (Å²) in [5.74, 6) is -0.945. The molecule has 0 radical (unpaired) electrons. The van der Waals surface area contributed by atoms with Gasteiger partial charge in [0, 0.05) is 12.1 Å². The maximum atomic E-state index is 11.8. The van der Waals surface area contributed by atoms with Gasteiger partial charge in [-0.05, 0) is 6.42 Å². The predicted molar refractivity (Wildman–Crippen MR) is 87.5 cm³/mol. The van der Waals surface area contributed by atoms with Crippen LogP contribution in [0.4, 0.5) is 0 Å². The third-order valence-electron chi connectivity index (χ3n) is 3.56. The molecule has 3 nitrogen and oxygen atoms in total. The van der Waals surface area contributed by atoms with Gasteiger partial charge < -0.3 is 6.74 Å². The summed E-state index contributed by atoms with van der Waals surface area (Å²) in [6, 6.07) is 8.68. The molecule has 0 saturated heterocycles. The molecule has 1 N–H and O–H groups in total. The standard InChI is InChI=1S/C18H27NO2.Na.H/c1-2-3-4-5-6-7-8-12-15-19-18(21)17(20)16-13-10-9-11-14-16;;/h9-11,13-14H,2-8,12,15H2,1H3,(H,19,21);;/q;+1;-1. The van der Waals surface area contributed by atoms with Gasteiger partial charge in [-0.15, -0.1) is 0 Å². The predicted octanol–water partition coefficient (Wildman–Crippen LogP) is 1.24. The first kappa shape index (κ1) is 21.4. The Morgan fingerprint density at radius 2 is 1.45 bits per heavy atom. The van der Waals surface area contributed by atoms with Gasteiger partial charge in [-0.1, -0.05) is 82.2 Å². The van der Waals surface area contributed by atoms with E-state index in [1.807, 2.05) is 6.07 Å². The molecule has 0 bridgehead atoms. The first-order valence-electron chi connectivity index (χ1n) is 8.13. The molecule has 0 aromatic heterocycles. The van der Waals surface area contributed by atoms with E-state index in [4.69, 9.17) is 0 Å². The molecule has 1 aromatic rings. The van der Waals surface area contributed by atoms with Crippen molar-refractivity contribution in [2.24, 2.45) is 0 Å². The van der Waals surface area contributed by atoms with Crippen LogP contribution in [0.5, 0.6) is 0 Å². The number of hydrogen-bond acceptors (Lipinski definition) is 2. The van der Waals surface area contributed by atoms with Crippen LogP contribution in [0, 0.1) is 0 Å². The Bertz CT molecular complexity index is 426. The van der Waals surface area contributed by atoms with Crippen molar-refractivity contribution in [1.82, 2.24) is 5.32 Å². The number of rotatable bonds is 11. The molecule has 0 heterocycles. The zero-order valence-corrected chi connectivity index (χ0v) is 16.1. The minimum absolute atomic E-state index is 0. The van der Waals surface area contributed by atoms with Crippen molar-refractivity contribution in [2.45, 2.75) is 58.3 Å². The summed E-state index contributed by atoms with van der Waals surface area (Å²) in [6.45, 7) is 2.81. The van der Waals surface area contributed by atoms with Crippen molar-refractivity contribution < 1.29 is 40.6 Å². The normalized spacial score (nSPS) is 9.86.